The smallest absolute Gasteiger partial charge is 0.00703 e. The molecule has 0 spiro atoms. The van der Waals surface area contributed by atoms with E-state index in [1.54, 1.807) is 0 Å². The van der Waals surface area contributed by atoms with Gasteiger partial charge in [-0.2, -0.15) is 0 Å². The van der Waals surface area contributed by atoms with Crippen molar-refractivity contribution in [2.45, 2.75) is 51.5 Å². The lowest BCUT2D eigenvalue weighted by atomic mass is 9.87. The lowest BCUT2D eigenvalue weighted by Crippen LogP contribution is -2.30. The Morgan fingerprint density at radius 1 is 1.12 bits per heavy atom. The third kappa shape index (κ3) is 2.85. The molecule has 1 aromatic carbocycles. The number of rotatable bonds is 2. The van der Waals surface area contributed by atoms with Gasteiger partial charge in [-0.1, -0.05) is 43.5 Å². The fraction of sp³-hybridized carbons (Fsp3) is 0.600. The van der Waals surface area contributed by atoms with Crippen molar-refractivity contribution >= 4 is 0 Å². The Kier molecular flexibility index (Phi) is 4.00. The molecule has 1 saturated carbocycles. The molecule has 2 unspecified atom stereocenters. The summed E-state index contributed by atoms with van der Waals surface area (Å²) in [4.78, 5) is 0. The van der Waals surface area contributed by atoms with Crippen molar-refractivity contribution in [2.24, 2.45) is 11.7 Å². The molecule has 1 nitrogen and oxygen atoms in total. The fourth-order valence-electron chi connectivity index (χ4n) is 2.79. The highest BCUT2D eigenvalue weighted by Crippen LogP contribution is 2.26. The van der Waals surface area contributed by atoms with Gasteiger partial charge < -0.3 is 5.73 Å². The Hall–Kier alpha value is -0.820. The first-order valence-electron chi connectivity index (χ1n) is 6.57. The summed E-state index contributed by atoms with van der Waals surface area (Å²) in [6, 6.07) is 9.14. The summed E-state index contributed by atoms with van der Waals surface area (Å²) in [6.07, 6.45) is 7.77. The number of aryl methyl sites for hydroxylation is 1. The van der Waals surface area contributed by atoms with Gasteiger partial charge in [0.25, 0.3) is 0 Å². The van der Waals surface area contributed by atoms with Crippen molar-refractivity contribution in [2.75, 3.05) is 0 Å². The molecule has 0 heterocycles. The van der Waals surface area contributed by atoms with E-state index in [2.05, 4.69) is 31.2 Å². The van der Waals surface area contributed by atoms with Crippen molar-refractivity contribution in [3.63, 3.8) is 0 Å². The second-order valence-electron chi connectivity index (χ2n) is 5.19. The first kappa shape index (κ1) is 11.7. The van der Waals surface area contributed by atoms with Gasteiger partial charge in [0.05, 0.1) is 0 Å². The van der Waals surface area contributed by atoms with E-state index in [0.717, 1.165) is 0 Å². The number of nitrogens with two attached hydrogens (primary N) is 1. The summed E-state index contributed by atoms with van der Waals surface area (Å²) in [5.41, 5.74) is 9.18. The van der Waals surface area contributed by atoms with Crippen LogP contribution >= 0.6 is 0 Å². The monoisotopic (exact) mass is 217 g/mol. The maximum absolute atomic E-state index is 6.28. The molecule has 1 fully saturated rings. The van der Waals surface area contributed by atoms with Crippen molar-refractivity contribution in [1.29, 1.82) is 0 Å². The molecule has 1 aromatic rings. The standard InChI is InChI=1S/C15H23N/c1-12-7-5-6-8-13(12)11-14-9-3-2-4-10-15(14)16/h5-8,14-15H,2-4,9-11,16H2,1H3. The third-order valence-corrected chi connectivity index (χ3v) is 3.96. The maximum Gasteiger partial charge on any atom is 0.00703 e. The molecule has 1 heteroatoms. The molecule has 1 aliphatic rings. The average Bonchev–Trinajstić information content (AvgIpc) is 2.48. The number of hydrogen-bond donors (Lipinski definition) is 1. The predicted octanol–water partition coefficient (Wildman–Crippen LogP) is 3.45. The first-order chi connectivity index (χ1) is 7.77. The van der Waals surface area contributed by atoms with Crippen LogP contribution in [0.3, 0.4) is 0 Å². The second kappa shape index (κ2) is 5.49. The van der Waals surface area contributed by atoms with Gasteiger partial charge >= 0.3 is 0 Å². The fourth-order valence-corrected chi connectivity index (χ4v) is 2.79. The van der Waals surface area contributed by atoms with Crippen LogP contribution in [0.5, 0.6) is 0 Å². The van der Waals surface area contributed by atoms with Gasteiger partial charge in [0, 0.05) is 6.04 Å². The molecule has 2 rings (SSSR count). The van der Waals surface area contributed by atoms with Crippen molar-refractivity contribution in [1.82, 2.24) is 0 Å². The Balaban J connectivity index is 2.05. The Morgan fingerprint density at radius 3 is 2.69 bits per heavy atom. The molecule has 0 radical (unpaired) electrons. The van der Waals surface area contributed by atoms with Crippen molar-refractivity contribution in [3.05, 3.63) is 35.4 Å². The lowest BCUT2D eigenvalue weighted by Gasteiger charge is -2.22. The topological polar surface area (TPSA) is 26.0 Å². The van der Waals surface area contributed by atoms with Crippen LogP contribution in [-0.4, -0.2) is 6.04 Å². The SMILES string of the molecule is Cc1ccccc1CC1CCCCCC1N. The maximum atomic E-state index is 6.28. The van der Waals surface area contributed by atoms with Gasteiger partial charge in [0.2, 0.25) is 0 Å². The average molecular weight is 217 g/mol. The van der Waals surface area contributed by atoms with Crippen LogP contribution in [0.4, 0.5) is 0 Å². The van der Waals surface area contributed by atoms with E-state index >= 15 is 0 Å². The molecule has 0 saturated heterocycles. The summed E-state index contributed by atoms with van der Waals surface area (Å²) in [5.74, 6) is 0.698. The first-order valence-corrected chi connectivity index (χ1v) is 6.57. The minimum Gasteiger partial charge on any atom is -0.327 e. The Labute approximate surface area is 99.0 Å². The van der Waals surface area contributed by atoms with Crippen LogP contribution in [0.25, 0.3) is 0 Å². The molecule has 2 N–H and O–H groups in total. The van der Waals surface area contributed by atoms with Crippen LogP contribution < -0.4 is 5.73 Å². The summed E-state index contributed by atoms with van der Waals surface area (Å²) >= 11 is 0. The molecule has 88 valence electrons. The predicted molar refractivity (Wildman–Crippen MR) is 69.4 cm³/mol. The van der Waals surface area contributed by atoms with Crippen LogP contribution in [0.2, 0.25) is 0 Å². The van der Waals surface area contributed by atoms with Gasteiger partial charge in [-0.15, -0.1) is 0 Å². The minimum absolute atomic E-state index is 0.419. The third-order valence-electron chi connectivity index (χ3n) is 3.96. The lowest BCUT2D eigenvalue weighted by molar-refractivity contribution is 0.395. The van der Waals surface area contributed by atoms with E-state index in [4.69, 9.17) is 5.73 Å². The van der Waals surface area contributed by atoms with Crippen LogP contribution in [0.1, 0.15) is 43.2 Å². The van der Waals surface area contributed by atoms with E-state index in [1.165, 1.54) is 49.7 Å². The van der Waals surface area contributed by atoms with Crippen LogP contribution in [0.15, 0.2) is 24.3 Å². The molecule has 16 heavy (non-hydrogen) atoms. The highest BCUT2D eigenvalue weighted by molar-refractivity contribution is 5.26. The van der Waals surface area contributed by atoms with Gasteiger partial charge in [-0.25, -0.2) is 0 Å². The van der Waals surface area contributed by atoms with Gasteiger partial charge in [-0.3, -0.25) is 0 Å². The highest BCUT2D eigenvalue weighted by Gasteiger charge is 2.20. The molecule has 0 aromatic heterocycles. The van der Waals surface area contributed by atoms with Crippen molar-refractivity contribution in [3.8, 4) is 0 Å². The Bertz CT molecular complexity index is 332. The van der Waals surface area contributed by atoms with E-state index in [0.29, 0.717) is 12.0 Å². The zero-order chi connectivity index (χ0) is 11.4. The molecular formula is C15H23N. The van der Waals surface area contributed by atoms with E-state index in [-0.39, 0.29) is 0 Å². The second-order valence-corrected chi connectivity index (χ2v) is 5.19. The summed E-state index contributed by atoms with van der Waals surface area (Å²) in [6.45, 7) is 2.21. The molecule has 2 atom stereocenters. The van der Waals surface area contributed by atoms with E-state index < -0.39 is 0 Å². The molecule has 0 bridgehead atoms. The Morgan fingerprint density at radius 2 is 1.88 bits per heavy atom. The van der Waals surface area contributed by atoms with Crippen molar-refractivity contribution < 1.29 is 0 Å². The minimum atomic E-state index is 0.419. The van der Waals surface area contributed by atoms with Gasteiger partial charge in [0.1, 0.15) is 0 Å². The zero-order valence-electron chi connectivity index (χ0n) is 10.3. The normalized spacial score (nSPS) is 26.4. The van der Waals surface area contributed by atoms with Gasteiger partial charge in [0.15, 0.2) is 0 Å². The van der Waals surface area contributed by atoms with Crippen LogP contribution in [-0.2, 0) is 6.42 Å². The van der Waals surface area contributed by atoms with E-state index in [9.17, 15) is 0 Å². The quantitative estimate of drug-likeness (QED) is 0.754. The largest absolute Gasteiger partial charge is 0.327 e. The highest BCUT2D eigenvalue weighted by atomic mass is 14.6. The molecule has 0 aliphatic heterocycles. The summed E-state index contributed by atoms with van der Waals surface area (Å²) in [5, 5.41) is 0. The van der Waals surface area contributed by atoms with Crippen LogP contribution in [0, 0.1) is 12.8 Å². The zero-order valence-corrected chi connectivity index (χ0v) is 10.3. The number of benzene rings is 1. The molecule has 1 aliphatic carbocycles. The van der Waals surface area contributed by atoms with Gasteiger partial charge in [-0.05, 0) is 43.2 Å². The van der Waals surface area contributed by atoms with E-state index in [1.807, 2.05) is 0 Å². The summed E-state index contributed by atoms with van der Waals surface area (Å²) < 4.78 is 0. The summed E-state index contributed by atoms with van der Waals surface area (Å²) in [7, 11) is 0. The molecular weight excluding hydrogens is 194 g/mol. The number of hydrogen-bond acceptors (Lipinski definition) is 1. The molecule has 0 amide bonds.